The van der Waals surface area contributed by atoms with E-state index in [2.05, 4.69) is 18.2 Å². The summed E-state index contributed by atoms with van der Waals surface area (Å²) in [5.74, 6) is 3.63. The molecule has 0 heterocycles. The van der Waals surface area contributed by atoms with Gasteiger partial charge < -0.3 is 5.32 Å². The molecule has 15 heavy (non-hydrogen) atoms. The number of terminal acetylenes is 1. The first-order valence-electron chi connectivity index (χ1n) is 6.55. The van der Waals surface area contributed by atoms with Crippen molar-refractivity contribution in [1.29, 1.82) is 0 Å². The summed E-state index contributed by atoms with van der Waals surface area (Å²) in [7, 11) is 0. The van der Waals surface area contributed by atoms with E-state index in [1.165, 1.54) is 51.5 Å². The standard InChI is InChI=1S/C14H25N/c1-3-5-6-9-13-10-7-8-11-14(13)15-12-4-2/h1,13-15H,4-12H2,2H3. The van der Waals surface area contributed by atoms with Gasteiger partial charge in [0.2, 0.25) is 0 Å². The average Bonchev–Trinajstić information content (AvgIpc) is 2.28. The molecule has 1 aliphatic rings. The van der Waals surface area contributed by atoms with Gasteiger partial charge in [-0.25, -0.2) is 0 Å². The first kappa shape index (κ1) is 12.6. The normalized spacial score (nSPS) is 26.1. The highest BCUT2D eigenvalue weighted by Crippen LogP contribution is 2.28. The number of unbranched alkanes of at least 4 members (excludes halogenated alkanes) is 1. The van der Waals surface area contributed by atoms with Crippen molar-refractivity contribution in [2.45, 2.75) is 64.3 Å². The lowest BCUT2D eigenvalue weighted by molar-refractivity contribution is 0.246. The number of hydrogen-bond donors (Lipinski definition) is 1. The van der Waals surface area contributed by atoms with Crippen LogP contribution in [0.15, 0.2) is 0 Å². The van der Waals surface area contributed by atoms with Crippen LogP contribution in [0.2, 0.25) is 0 Å². The number of rotatable bonds is 6. The van der Waals surface area contributed by atoms with Crippen molar-refractivity contribution in [3.63, 3.8) is 0 Å². The Balaban J connectivity index is 2.26. The Morgan fingerprint density at radius 3 is 2.87 bits per heavy atom. The Bertz CT molecular complexity index is 192. The van der Waals surface area contributed by atoms with E-state index >= 15 is 0 Å². The van der Waals surface area contributed by atoms with Crippen molar-refractivity contribution >= 4 is 0 Å². The van der Waals surface area contributed by atoms with Crippen molar-refractivity contribution in [3.05, 3.63) is 0 Å². The second kappa shape index (κ2) is 7.77. The van der Waals surface area contributed by atoms with Gasteiger partial charge in [0, 0.05) is 12.5 Å². The quantitative estimate of drug-likeness (QED) is 0.520. The van der Waals surface area contributed by atoms with Gasteiger partial charge in [-0.05, 0) is 44.6 Å². The van der Waals surface area contributed by atoms with Gasteiger partial charge in [0.25, 0.3) is 0 Å². The molecule has 0 spiro atoms. The molecule has 1 N–H and O–H groups in total. The van der Waals surface area contributed by atoms with Crippen LogP contribution in [0.4, 0.5) is 0 Å². The summed E-state index contributed by atoms with van der Waals surface area (Å²) >= 11 is 0. The van der Waals surface area contributed by atoms with Crippen LogP contribution in [-0.2, 0) is 0 Å². The highest BCUT2D eigenvalue weighted by molar-refractivity contribution is 4.85. The zero-order chi connectivity index (χ0) is 10.9. The summed E-state index contributed by atoms with van der Waals surface area (Å²) < 4.78 is 0. The van der Waals surface area contributed by atoms with Crippen LogP contribution in [0, 0.1) is 18.3 Å². The predicted molar refractivity (Wildman–Crippen MR) is 66.7 cm³/mol. The zero-order valence-electron chi connectivity index (χ0n) is 10.1. The summed E-state index contributed by atoms with van der Waals surface area (Å²) in [6.07, 6.45) is 15.6. The molecule has 0 aromatic heterocycles. The van der Waals surface area contributed by atoms with Crippen LogP contribution in [0.25, 0.3) is 0 Å². The molecular weight excluding hydrogens is 182 g/mol. The molecule has 0 saturated heterocycles. The fourth-order valence-corrected chi connectivity index (χ4v) is 2.62. The number of nitrogens with one attached hydrogen (secondary N) is 1. The van der Waals surface area contributed by atoms with Gasteiger partial charge in [0.05, 0.1) is 0 Å². The lowest BCUT2D eigenvalue weighted by Gasteiger charge is -2.32. The van der Waals surface area contributed by atoms with E-state index < -0.39 is 0 Å². The van der Waals surface area contributed by atoms with Gasteiger partial charge in [0.1, 0.15) is 0 Å². The smallest absolute Gasteiger partial charge is 0.00953 e. The second-order valence-corrected chi connectivity index (χ2v) is 4.70. The van der Waals surface area contributed by atoms with E-state index in [9.17, 15) is 0 Å². The highest BCUT2D eigenvalue weighted by atomic mass is 14.9. The molecule has 0 aliphatic heterocycles. The Morgan fingerprint density at radius 2 is 2.13 bits per heavy atom. The summed E-state index contributed by atoms with van der Waals surface area (Å²) in [6.45, 7) is 3.42. The summed E-state index contributed by atoms with van der Waals surface area (Å²) in [6, 6.07) is 0.775. The molecule has 1 fully saturated rings. The average molecular weight is 207 g/mol. The summed E-state index contributed by atoms with van der Waals surface area (Å²) in [4.78, 5) is 0. The minimum Gasteiger partial charge on any atom is -0.314 e. The second-order valence-electron chi connectivity index (χ2n) is 4.70. The van der Waals surface area contributed by atoms with Gasteiger partial charge in [-0.3, -0.25) is 0 Å². The molecule has 0 amide bonds. The van der Waals surface area contributed by atoms with Gasteiger partial charge in [-0.2, -0.15) is 0 Å². The molecule has 1 saturated carbocycles. The van der Waals surface area contributed by atoms with E-state index in [-0.39, 0.29) is 0 Å². The fraction of sp³-hybridized carbons (Fsp3) is 0.857. The van der Waals surface area contributed by atoms with Crippen LogP contribution in [-0.4, -0.2) is 12.6 Å². The third kappa shape index (κ3) is 4.71. The Kier molecular flexibility index (Phi) is 6.52. The van der Waals surface area contributed by atoms with Gasteiger partial charge >= 0.3 is 0 Å². The lowest BCUT2D eigenvalue weighted by Crippen LogP contribution is -2.38. The minimum absolute atomic E-state index is 0.775. The fourth-order valence-electron chi connectivity index (χ4n) is 2.62. The van der Waals surface area contributed by atoms with Crippen LogP contribution >= 0.6 is 0 Å². The van der Waals surface area contributed by atoms with Crippen LogP contribution in [0.1, 0.15) is 58.3 Å². The van der Waals surface area contributed by atoms with E-state index in [0.29, 0.717) is 0 Å². The van der Waals surface area contributed by atoms with E-state index in [4.69, 9.17) is 6.42 Å². The third-order valence-corrected chi connectivity index (χ3v) is 3.46. The zero-order valence-corrected chi connectivity index (χ0v) is 10.1. The maximum absolute atomic E-state index is 5.29. The largest absolute Gasteiger partial charge is 0.314 e. The minimum atomic E-state index is 0.775. The summed E-state index contributed by atoms with van der Waals surface area (Å²) in [5, 5.41) is 3.70. The molecule has 0 radical (unpaired) electrons. The first-order chi connectivity index (χ1) is 7.38. The monoisotopic (exact) mass is 207 g/mol. The molecule has 1 rings (SSSR count). The van der Waals surface area contributed by atoms with Gasteiger partial charge in [-0.1, -0.05) is 19.8 Å². The molecule has 1 aliphatic carbocycles. The molecule has 0 bridgehead atoms. The first-order valence-corrected chi connectivity index (χ1v) is 6.55. The Labute approximate surface area is 95.0 Å². The number of hydrogen-bond acceptors (Lipinski definition) is 1. The van der Waals surface area contributed by atoms with Gasteiger partial charge in [-0.15, -0.1) is 12.3 Å². The molecule has 86 valence electrons. The van der Waals surface area contributed by atoms with Crippen molar-refractivity contribution in [2.24, 2.45) is 5.92 Å². The highest BCUT2D eigenvalue weighted by Gasteiger charge is 2.23. The van der Waals surface area contributed by atoms with E-state index in [0.717, 1.165) is 18.4 Å². The van der Waals surface area contributed by atoms with Crippen molar-refractivity contribution < 1.29 is 0 Å². The summed E-state index contributed by atoms with van der Waals surface area (Å²) in [5.41, 5.74) is 0. The maximum atomic E-state index is 5.29. The van der Waals surface area contributed by atoms with Gasteiger partial charge in [0.15, 0.2) is 0 Å². The lowest BCUT2D eigenvalue weighted by atomic mass is 9.81. The maximum Gasteiger partial charge on any atom is 0.00953 e. The van der Waals surface area contributed by atoms with Crippen LogP contribution < -0.4 is 5.32 Å². The molecule has 2 unspecified atom stereocenters. The SMILES string of the molecule is C#CCCCC1CCCCC1NCCC. The predicted octanol–water partition coefficient (Wildman–Crippen LogP) is 3.35. The van der Waals surface area contributed by atoms with E-state index in [1.807, 2.05) is 0 Å². The Hall–Kier alpha value is -0.480. The molecule has 1 heteroatoms. The van der Waals surface area contributed by atoms with Crippen molar-refractivity contribution in [2.75, 3.05) is 6.54 Å². The molecular formula is C14H25N. The Morgan fingerprint density at radius 1 is 1.33 bits per heavy atom. The van der Waals surface area contributed by atoms with Crippen LogP contribution in [0.3, 0.4) is 0 Å². The topological polar surface area (TPSA) is 12.0 Å². The van der Waals surface area contributed by atoms with Crippen molar-refractivity contribution in [1.82, 2.24) is 5.32 Å². The molecule has 0 aromatic carbocycles. The molecule has 0 aromatic rings. The third-order valence-electron chi connectivity index (χ3n) is 3.46. The van der Waals surface area contributed by atoms with Crippen molar-refractivity contribution in [3.8, 4) is 12.3 Å². The molecule has 1 nitrogen and oxygen atoms in total. The van der Waals surface area contributed by atoms with E-state index in [1.54, 1.807) is 0 Å². The molecule has 2 atom stereocenters. The van der Waals surface area contributed by atoms with Crippen LogP contribution in [0.5, 0.6) is 0 Å².